The number of nitrogens with zero attached hydrogens (tertiary/aromatic N) is 3. The van der Waals surface area contributed by atoms with Gasteiger partial charge in [0.2, 0.25) is 11.8 Å². The molecule has 0 spiro atoms. The number of ether oxygens (including phenoxy) is 1. The van der Waals surface area contributed by atoms with Gasteiger partial charge in [0.15, 0.2) is 0 Å². The van der Waals surface area contributed by atoms with E-state index in [0.717, 1.165) is 5.69 Å². The smallest absolute Gasteiger partial charge is 0.274 e. The molecule has 1 fully saturated rings. The lowest BCUT2D eigenvalue weighted by Gasteiger charge is -2.39. The zero-order valence-corrected chi connectivity index (χ0v) is 16.3. The van der Waals surface area contributed by atoms with Gasteiger partial charge in [-0.2, -0.15) is 0 Å². The van der Waals surface area contributed by atoms with Crippen molar-refractivity contribution in [2.45, 2.75) is 19.5 Å². The minimum atomic E-state index is -0.273. The Morgan fingerprint density at radius 3 is 2.72 bits per heavy atom. The molecule has 0 bridgehead atoms. The molecule has 4 rings (SSSR count). The molecule has 0 aliphatic carbocycles. The van der Waals surface area contributed by atoms with Gasteiger partial charge in [-0.05, 0) is 31.2 Å². The van der Waals surface area contributed by atoms with Crippen molar-refractivity contribution in [1.82, 2.24) is 14.7 Å². The summed E-state index contributed by atoms with van der Waals surface area (Å²) in [4.78, 5) is 41.2. The standard InChI is InChI=1S/C21H22N4O4/c1-14-11-24(15-6-5-7-16(10-15)29-2)19(26)12-23(14)20(27)13-25-21(28)17-8-3-4-9-18(17)22-25/h3-10,14,22H,11-13H2,1-2H3. The highest BCUT2D eigenvalue weighted by atomic mass is 16.5. The van der Waals surface area contributed by atoms with Crippen molar-refractivity contribution in [2.24, 2.45) is 0 Å². The van der Waals surface area contributed by atoms with Crippen LogP contribution >= 0.6 is 0 Å². The number of carbonyl (C=O) groups excluding carboxylic acids is 2. The molecule has 8 nitrogen and oxygen atoms in total. The van der Waals surface area contributed by atoms with Crippen LogP contribution in [0, 0.1) is 0 Å². The third-order valence-electron chi connectivity index (χ3n) is 5.22. The van der Waals surface area contributed by atoms with Crippen LogP contribution in [0.15, 0.2) is 53.3 Å². The Morgan fingerprint density at radius 1 is 1.17 bits per heavy atom. The van der Waals surface area contributed by atoms with E-state index in [0.29, 0.717) is 23.2 Å². The van der Waals surface area contributed by atoms with Crippen molar-refractivity contribution < 1.29 is 14.3 Å². The molecule has 2 aromatic carbocycles. The Morgan fingerprint density at radius 2 is 1.97 bits per heavy atom. The molecule has 1 aliphatic heterocycles. The Hall–Kier alpha value is -3.55. The van der Waals surface area contributed by atoms with Crippen molar-refractivity contribution in [3.63, 3.8) is 0 Å². The maximum absolute atomic E-state index is 12.9. The van der Waals surface area contributed by atoms with Gasteiger partial charge in [-0.1, -0.05) is 18.2 Å². The molecule has 0 saturated carbocycles. The zero-order valence-electron chi connectivity index (χ0n) is 16.3. The van der Waals surface area contributed by atoms with Gasteiger partial charge in [-0.25, -0.2) is 4.68 Å². The van der Waals surface area contributed by atoms with Gasteiger partial charge in [-0.15, -0.1) is 0 Å². The highest BCUT2D eigenvalue weighted by Gasteiger charge is 2.33. The molecule has 1 saturated heterocycles. The molecule has 0 radical (unpaired) electrons. The minimum absolute atomic E-state index is 0.0355. The number of amides is 2. The lowest BCUT2D eigenvalue weighted by molar-refractivity contribution is -0.140. The molecule has 1 atom stereocenters. The van der Waals surface area contributed by atoms with E-state index in [1.165, 1.54) is 9.58 Å². The number of fused-ring (bicyclic) bond motifs is 1. The van der Waals surface area contributed by atoms with Gasteiger partial charge in [0.25, 0.3) is 5.56 Å². The lowest BCUT2D eigenvalue weighted by Crippen LogP contribution is -2.58. The second-order valence-corrected chi connectivity index (χ2v) is 7.13. The van der Waals surface area contributed by atoms with Crippen molar-refractivity contribution in [3.05, 3.63) is 58.9 Å². The molecular weight excluding hydrogens is 372 g/mol. The monoisotopic (exact) mass is 394 g/mol. The predicted molar refractivity (Wildman–Crippen MR) is 109 cm³/mol. The van der Waals surface area contributed by atoms with E-state index in [2.05, 4.69) is 5.10 Å². The van der Waals surface area contributed by atoms with Gasteiger partial charge in [0.05, 0.1) is 18.0 Å². The number of methoxy groups -OCH3 is 1. The molecule has 8 heteroatoms. The maximum Gasteiger partial charge on any atom is 0.274 e. The van der Waals surface area contributed by atoms with E-state index < -0.39 is 0 Å². The zero-order chi connectivity index (χ0) is 20.5. The van der Waals surface area contributed by atoms with Crippen molar-refractivity contribution in [3.8, 4) is 5.75 Å². The Bertz CT molecular complexity index is 1130. The van der Waals surface area contributed by atoms with E-state index in [-0.39, 0.29) is 36.5 Å². The molecule has 1 N–H and O–H groups in total. The van der Waals surface area contributed by atoms with Gasteiger partial charge in [0.1, 0.15) is 18.8 Å². The fourth-order valence-electron chi connectivity index (χ4n) is 3.66. The molecule has 1 aromatic heterocycles. The lowest BCUT2D eigenvalue weighted by atomic mass is 10.1. The van der Waals surface area contributed by atoms with Crippen LogP contribution in [0.2, 0.25) is 0 Å². The first-order valence-corrected chi connectivity index (χ1v) is 9.39. The van der Waals surface area contributed by atoms with E-state index >= 15 is 0 Å². The predicted octanol–water partition coefficient (Wildman–Crippen LogP) is 1.60. The highest BCUT2D eigenvalue weighted by Crippen LogP contribution is 2.24. The third kappa shape index (κ3) is 3.49. The van der Waals surface area contributed by atoms with Crippen molar-refractivity contribution >= 4 is 28.4 Å². The Balaban J connectivity index is 1.51. The molecule has 29 heavy (non-hydrogen) atoms. The molecule has 1 aliphatic rings. The number of para-hydroxylation sites is 1. The summed E-state index contributed by atoms with van der Waals surface area (Å²) in [5.74, 6) is 0.221. The molecule has 2 amide bonds. The number of nitrogens with one attached hydrogen (secondary N) is 1. The Labute approximate surface area is 167 Å². The number of hydrogen-bond acceptors (Lipinski definition) is 4. The summed E-state index contributed by atoms with van der Waals surface area (Å²) in [6.45, 7) is 2.10. The first kappa shape index (κ1) is 18.8. The van der Waals surface area contributed by atoms with E-state index in [9.17, 15) is 14.4 Å². The van der Waals surface area contributed by atoms with Crippen LogP contribution in [0.25, 0.3) is 10.9 Å². The van der Waals surface area contributed by atoms with E-state index in [1.807, 2.05) is 31.2 Å². The van der Waals surface area contributed by atoms with Crippen LogP contribution in [0.1, 0.15) is 6.92 Å². The molecule has 150 valence electrons. The van der Waals surface area contributed by atoms with Crippen LogP contribution in [0.3, 0.4) is 0 Å². The average molecular weight is 394 g/mol. The third-order valence-corrected chi connectivity index (χ3v) is 5.22. The molecule has 3 aromatic rings. The van der Waals surface area contributed by atoms with Gasteiger partial charge >= 0.3 is 0 Å². The summed E-state index contributed by atoms with van der Waals surface area (Å²) in [7, 11) is 1.58. The van der Waals surface area contributed by atoms with Crippen LogP contribution in [0.5, 0.6) is 5.75 Å². The summed E-state index contributed by atoms with van der Waals surface area (Å²) in [5.41, 5.74) is 1.17. The number of anilines is 1. The van der Waals surface area contributed by atoms with Gasteiger partial charge in [-0.3, -0.25) is 19.5 Å². The second kappa shape index (κ2) is 7.46. The van der Waals surface area contributed by atoms with E-state index in [4.69, 9.17) is 4.74 Å². The first-order chi connectivity index (χ1) is 14.0. The number of piperazine rings is 1. The minimum Gasteiger partial charge on any atom is -0.497 e. The number of H-pyrrole nitrogens is 1. The molecular formula is C21H22N4O4. The summed E-state index contributed by atoms with van der Waals surface area (Å²) in [6.07, 6.45) is 0. The second-order valence-electron chi connectivity index (χ2n) is 7.13. The Kier molecular flexibility index (Phi) is 4.84. The van der Waals surface area contributed by atoms with Crippen LogP contribution < -0.4 is 15.2 Å². The summed E-state index contributed by atoms with van der Waals surface area (Å²) >= 11 is 0. The van der Waals surface area contributed by atoms with E-state index in [1.54, 1.807) is 36.3 Å². The summed E-state index contributed by atoms with van der Waals surface area (Å²) in [6, 6.07) is 14.2. The maximum atomic E-state index is 12.9. The average Bonchev–Trinajstić information content (AvgIpc) is 3.05. The fourth-order valence-corrected chi connectivity index (χ4v) is 3.66. The number of rotatable bonds is 4. The van der Waals surface area contributed by atoms with Crippen LogP contribution in [-0.2, 0) is 16.1 Å². The number of aromatic nitrogens is 2. The largest absolute Gasteiger partial charge is 0.497 e. The number of benzene rings is 2. The van der Waals surface area contributed by atoms with Crippen molar-refractivity contribution in [1.29, 1.82) is 0 Å². The van der Waals surface area contributed by atoms with Crippen LogP contribution in [0.4, 0.5) is 5.69 Å². The topological polar surface area (TPSA) is 87.6 Å². The molecule has 1 unspecified atom stereocenters. The SMILES string of the molecule is COc1cccc(N2CC(C)N(C(=O)Cn3[nH]c4ccccc4c3=O)CC2=O)c1. The normalized spacial score (nSPS) is 17.0. The van der Waals surface area contributed by atoms with Gasteiger partial charge < -0.3 is 14.5 Å². The highest BCUT2D eigenvalue weighted by molar-refractivity contribution is 5.98. The number of hydrogen-bond donors (Lipinski definition) is 1. The number of aromatic amines is 1. The fraction of sp³-hybridized carbons (Fsp3) is 0.286. The quantitative estimate of drug-likeness (QED) is 0.728. The molecule has 2 heterocycles. The first-order valence-electron chi connectivity index (χ1n) is 9.39. The summed E-state index contributed by atoms with van der Waals surface area (Å²) in [5, 5.41) is 3.49. The summed E-state index contributed by atoms with van der Waals surface area (Å²) < 4.78 is 6.52. The van der Waals surface area contributed by atoms with Crippen molar-refractivity contribution in [2.75, 3.05) is 25.1 Å². The number of carbonyl (C=O) groups is 2. The van der Waals surface area contributed by atoms with Crippen LogP contribution in [-0.4, -0.2) is 52.7 Å². The van der Waals surface area contributed by atoms with Gasteiger partial charge in [0, 0.05) is 24.3 Å².